The summed E-state index contributed by atoms with van der Waals surface area (Å²) in [5.74, 6) is 0. The maximum Gasteiger partial charge on any atom is 0.262 e. The molecule has 0 radical (unpaired) electrons. The second kappa shape index (κ2) is 6.07. The zero-order valence-corrected chi connectivity index (χ0v) is 15.1. The molecule has 3 rings (SSSR count). The predicted octanol–water partition coefficient (Wildman–Crippen LogP) is 3.77. The van der Waals surface area contributed by atoms with Gasteiger partial charge in [0.15, 0.2) is 5.65 Å². The van der Waals surface area contributed by atoms with Gasteiger partial charge in [-0.3, -0.25) is 4.72 Å². The van der Waals surface area contributed by atoms with E-state index in [2.05, 4.69) is 14.8 Å². The lowest BCUT2D eigenvalue weighted by Crippen LogP contribution is -2.14. The number of halogens is 1. The van der Waals surface area contributed by atoms with Crippen LogP contribution in [0, 0.1) is 6.92 Å². The van der Waals surface area contributed by atoms with Gasteiger partial charge in [0.05, 0.1) is 23.0 Å². The Balaban J connectivity index is 1.98. The van der Waals surface area contributed by atoms with Gasteiger partial charge in [0, 0.05) is 16.5 Å². The molecule has 0 saturated carbocycles. The van der Waals surface area contributed by atoms with Gasteiger partial charge in [0.25, 0.3) is 10.0 Å². The molecule has 6 nitrogen and oxygen atoms in total. The number of fused-ring (bicyclic) bond motifs is 1. The topological polar surface area (TPSA) is 76.9 Å². The first-order chi connectivity index (χ1) is 11.3. The van der Waals surface area contributed by atoms with Crippen molar-refractivity contribution in [3.05, 3.63) is 47.2 Å². The summed E-state index contributed by atoms with van der Waals surface area (Å²) < 4.78 is 29.5. The molecule has 1 N–H and O–H groups in total. The van der Waals surface area contributed by atoms with Crippen LogP contribution in [0.15, 0.2) is 41.6 Å². The first-order valence-corrected chi connectivity index (χ1v) is 9.26. The van der Waals surface area contributed by atoms with E-state index in [0.717, 1.165) is 5.39 Å². The summed E-state index contributed by atoms with van der Waals surface area (Å²) in [6.45, 7) is 5.73. The smallest absolute Gasteiger partial charge is 0.262 e. The van der Waals surface area contributed by atoms with Gasteiger partial charge in [-0.05, 0) is 44.5 Å². The van der Waals surface area contributed by atoms with Crippen LogP contribution in [0.2, 0.25) is 5.02 Å². The van der Waals surface area contributed by atoms with E-state index in [9.17, 15) is 8.42 Å². The predicted molar refractivity (Wildman–Crippen MR) is 94.9 cm³/mol. The van der Waals surface area contributed by atoms with Crippen molar-refractivity contribution in [3.8, 4) is 0 Å². The van der Waals surface area contributed by atoms with Gasteiger partial charge in [-0.1, -0.05) is 17.7 Å². The molecule has 2 aromatic heterocycles. The molecule has 0 aliphatic carbocycles. The third-order valence-electron chi connectivity index (χ3n) is 3.61. The van der Waals surface area contributed by atoms with Crippen LogP contribution in [-0.4, -0.2) is 23.2 Å². The first kappa shape index (κ1) is 16.7. The van der Waals surface area contributed by atoms with Crippen LogP contribution in [0.4, 0.5) is 5.69 Å². The zero-order chi connectivity index (χ0) is 17.5. The number of pyridine rings is 1. The van der Waals surface area contributed by atoms with Crippen LogP contribution in [0.3, 0.4) is 0 Å². The monoisotopic (exact) mass is 364 g/mol. The fourth-order valence-corrected chi connectivity index (χ4v) is 3.99. The van der Waals surface area contributed by atoms with Gasteiger partial charge in [-0.2, -0.15) is 5.10 Å². The highest BCUT2D eigenvalue weighted by Gasteiger charge is 2.18. The van der Waals surface area contributed by atoms with Crippen LogP contribution in [-0.2, 0) is 10.0 Å². The van der Waals surface area contributed by atoms with E-state index < -0.39 is 10.0 Å². The van der Waals surface area contributed by atoms with Gasteiger partial charge in [0.1, 0.15) is 0 Å². The molecule has 3 aromatic rings. The molecule has 0 aliphatic heterocycles. The Labute approximate surface area is 145 Å². The maximum atomic E-state index is 12.6. The number of sulfonamides is 1. The number of hydrogen-bond acceptors (Lipinski definition) is 4. The Morgan fingerprint density at radius 2 is 1.96 bits per heavy atom. The average molecular weight is 365 g/mol. The van der Waals surface area contributed by atoms with Crippen LogP contribution in [0.1, 0.15) is 25.5 Å². The van der Waals surface area contributed by atoms with Crippen molar-refractivity contribution in [3.63, 3.8) is 0 Å². The number of aromatic nitrogens is 3. The van der Waals surface area contributed by atoms with E-state index in [0.29, 0.717) is 21.9 Å². The number of nitrogens with one attached hydrogen (secondary N) is 1. The normalized spacial score (nSPS) is 12.0. The highest BCUT2D eigenvalue weighted by molar-refractivity contribution is 7.92. The maximum absolute atomic E-state index is 12.6. The standard InChI is InChI=1S/C16H17ClN4O2S/c1-10(2)21-16-12(8-19-21)6-14(9-18-16)20-24(22,23)15-7-13(17)5-4-11(15)3/h4-10,20H,1-3H3. The van der Waals surface area contributed by atoms with E-state index in [1.807, 2.05) is 13.8 Å². The lowest BCUT2D eigenvalue weighted by Gasteiger charge is -2.11. The third kappa shape index (κ3) is 3.09. The number of aryl methyl sites for hydroxylation is 1. The van der Waals surface area contributed by atoms with Crippen LogP contribution in [0.5, 0.6) is 0 Å². The van der Waals surface area contributed by atoms with Crippen molar-refractivity contribution < 1.29 is 8.42 Å². The molecule has 24 heavy (non-hydrogen) atoms. The van der Waals surface area contributed by atoms with Crippen LogP contribution in [0.25, 0.3) is 11.0 Å². The minimum Gasteiger partial charge on any atom is -0.278 e. The Bertz CT molecular complexity index is 1010. The highest BCUT2D eigenvalue weighted by Crippen LogP contribution is 2.24. The number of rotatable bonds is 4. The summed E-state index contributed by atoms with van der Waals surface area (Å²) in [4.78, 5) is 4.47. The summed E-state index contributed by atoms with van der Waals surface area (Å²) >= 11 is 5.92. The van der Waals surface area contributed by atoms with Gasteiger partial charge in [0.2, 0.25) is 0 Å². The van der Waals surface area contributed by atoms with Crippen molar-refractivity contribution >= 4 is 38.3 Å². The molecule has 0 unspecified atom stereocenters. The summed E-state index contributed by atoms with van der Waals surface area (Å²) in [7, 11) is -3.75. The fraction of sp³-hybridized carbons (Fsp3) is 0.250. The van der Waals surface area contributed by atoms with Crippen molar-refractivity contribution in [1.82, 2.24) is 14.8 Å². The molecule has 0 atom stereocenters. The molecule has 126 valence electrons. The minimum absolute atomic E-state index is 0.146. The molecule has 0 spiro atoms. The number of anilines is 1. The zero-order valence-electron chi connectivity index (χ0n) is 13.5. The van der Waals surface area contributed by atoms with Crippen molar-refractivity contribution in [2.24, 2.45) is 0 Å². The molecular formula is C16H17ClN4O2S. The number of nitrogens with zero attached hydrogens (tertiary/aromatic N) is 3. The lowest BCUT2D eigenvalue weighted by molar-refractivity contribution is 0.546. The van der Waals surface area contributed by atoms with Gasteiger partial charge in [-0.25, -0.2) is 18.1 Å². The number of benzene rings is 1. The minimum atomic E-state index is -3.75. The van der Waals surface area contributed by atoms with Gasteiger partial charge < -0.3 is 0 Å². The summed E-state index contributed by atoms with van der Waals surface area (Å²) in [6.07, 6.45) is 3.16. The lowest BCUT2D eigenvalue weighted by atomic mass is 10.2. The molecule has 0 fully saturated rings. The summed E-state index contributed by atoms with van der Waals surface area (Å²) in [5, 5.41) is 5.41. The molecule has 0 bridgehead atoms. The molecule has 0 amide bonds. The first-order valence-electron chi connectivity index (χ1n) is 7.40. The van der Waals surface area contributed by atoms with E-state index in [1.54, 1.807) is 36.0 Å². The Hall–Kier alpha value is -2.12. The molecule has 0 aliphatic rings. The fourth-order valence-electron chi connectivity index (χ4n) is 2.45. The van der Waals surface area contributed by atoms with Crippen molar-refractivity contribution in [1.29, 1.82) is 0 Å². The van der Waals surface area contributed by atoms with Crippen molar-refractivity contribution in [2.45, 2.75) is 31.7 Å². The molecule has 1 aromatic carbocycles. The second-order valence-corrected chi connectivity index (χ2v) is 7.92. The van der Waals surface area contributed by atoms with E-state index in [4.69, 9.17) is 11.6 Å². The summed E-state index contributed by atoms with van der Waals surface area (Å²) in [6, 6.07) is 6.65. The van der Waals surface area contributed by atoms with Crippen molar-refractivity contribution in [2.75, 3.05) is 4.72 Å². The van der Waals surface area contributed by atoms with Crippen LogP contribution < -0.4 is 4.72 Å². The summed E-state index contributed by atoms with van der Waals surface area (Å²) in [5.41, 5.74) is 1.71. The Morgan fingerprint density at radius 3 is 2.67 bits per heavy atom. The Morgan fingerprint density at radius 1 is 1.21 bits per heavy atom. The highest BCUT2D eigenvalue weighted by atomic mass is 35.5. The molecule has 2 heterocycles. The van der Waals surface area contributed by atoms with Crippen LogP contribution >= 0.6 is 11.6 Å². The van der Waals surface area contributed by atoms with Gasteiger partial charge in [-0.15, -0.1) is 0 Å². The SMILES string of the molecule is Cc1ccc(Cl)cc1S(=O)(=O)Nc1cnc2c(cnn2C(C)C)c1. The average Bonchev–Trinajstić information content (AvgIpc) is 2.92. The third-order valence-corrected chi connectivity index (χ3v) is 5.37. The van der Waals surface area contributed by atoms with E-state index >= 15 is 0 Å². The number of hydrogen-bond donors (Lipinski definition) is 1. The largest absolute Gasteiger partial charge is 0.278 e. The quantitative estimate of drug-likeness (QED) is 0.764. The molecular weight excluding hydrogens is 348 g/mol. The van der Waals surface area contributed by atoms with E-state index in [1.165, 1.54) is 12.3 Å². The Kier molecular flexibility index (Phi) is 4.23. The van der Waals surface area contributed by atoms with Gasteiger partial charge >= 0.3 is 0 Å². The van der Waals surface area contributed by atoms with E-state index in [-0.39, 0.29) is 10.9 Å². The molecule has 8 heteroatoms. The second-order valence-electron chi connectivity index (χ2n) is 5.84. The molecule has 0 saturated heterocycles.